The van der Waals surface area contributed by atoms with E-state index in [1.807, 2.05) is 5.32 Å². The fraction of sp³-hybridized carbons (Fsp3) is 0.273. The number of carbonyl (C=O) groups excluding carboxylic acids is 2. The van der Waals surface area contributed by atoms with Gasteiger partial charge < -0.3 is 9.47 Å². The van der Waals surface area contributed by atoms with Crippen LogP contribution in [0, 0.1) is 0 Å². The van der Waals surface area contributed by atoms with Crippen molar-refractivity contribution in [3.05, 3.63) is 27.1 Å². The highest BCUT2D eigenvalue weighted by molar-refractivity contribution is 9.11. The summed E-state index contributed by atoms with van der Waals surface area (Å²) in [4.78, 5) is 22.3. The normalized spacial score (nSPS) is 9.72. The molecule has 0 bridgehead atoms. The van der Waals surface area contributed by atoms with Crippen molar-refractivity contribution in [3.8, 4) is 5.75 Å². The number of amides is 2. The van der Waals surface area contributed by atoms with Gasteiger partial charge in [0.1, 0.15) is 5.75 Å². The standard InChI is InChI=1S/C11H11Br2NO4/c1-2-17-11(16)14-10(15)6-18-9-4-3-7(12)5-8(9)13/h3-5H,2,6H2,1H3,(H,14,15,16). The van der Waals surface area contributed by atoms with Crippen LogP contribution in [0.25, 0.3) is 0 Å². The maximum atomic E-state index is 11.3. The van der Waals surface area contributed by atoms with Gasteiger partial charge in [0.15, 0.2) is 6.61 Å². The third-order valence-corrected chi connectivity index (χ3v) is 2.88. The first-order valence-corrected chi connectivity index (χ1v) is 6.66. The average Bonchev–Trinajstić information content (AvgIpc) is 2.28. The van der Waals surface area contributed by atoms with E-state index in [4.69, 9.17) is 4.74 Å². The Morgan fingerprint density at radius 2 is 2.06 bits per heavy atom. The molecule has 18 heavy (non-hydrogen) atoms. The maximum Gasteiger partial charge on any atom is 0.413 e. The van der Waals surface area contributed by atoms with E-state index in [1.165, 1.54) is 0 Å². The second-order valence-electron chi connectivity index (χ2n) is 3.13. The summed E-state index contributed by atoms with van der Waals surface area (Å²) in [7, 11) is 0. The van der Waals surface area contributed by atoms with Gasteiger partial charge in [-0.2, -0.15) is 0 Å². The van der Waals surface area contributed by atoms with Gasteiger partial charge in [0, 0.05) is 4.47 Å². The highest BCUT2D eigenvalue weighted by atomic mass is 79.9. The minimum Gasteiger partial charge on any atom is -0.483 e. The zero-order valence-corrected chi connectivity index (χ0v) is 12.7. The molecule has 0 saturated carbocycles. The third kappa shape index (κ3) is 5.05. The zero-order valence-electron chi connectivity index (χ0n) is 9.54. The number of nitrogens with one attached hydrogen (secondary N) is 1. The third-order valence-electron chi connectivity index (χ3n) is 1.77. The Labute approximate surface area is 121 Å². The van der Waals surface area contributed by atoms with Gasteiger partial charge in [0.05, 0.1) is 11.1 Å². The Morgan fingerprint density at radius 1 is 1.33 bits per heavy atom. The first-order chi connectivity index (χ1) is 8.52. The van der Waals surface area contributed by atoms with Gasteiger partial charge in [-0.3, -0.25) is 10.1 Å². The number of hydrogen-bond acceptors (Lipinski definition) is 4. The van der Waals surface area contributed by atoms with E-state index < -0.39 is 12.0 Å². The largest absolute Gasteiger partial charge is 0.483 e. The zero-order chi connectivity index (χ0) is 13.5. The predicted molar refractivity (Wildman–Crippen MR) is 72.5 cm³/mol. The van der Waals surface area contributed by atoms with Crippen LogP contribution >= 0.6 is 31.9 Å². The molecule has 7 heteroatoms. The molecular weight excluding hydrogens is 370 g/mol. The Bertz CT molecular complexity index is 451. The average molecular weight is 381 g/mol. The molecule has 1 aromatic rings. The van der Waals surface area contributed by atoms with Gasteiger partial charge in [-0.25, -0.2) is 4.79 Å². The van der Waals surface area contributed by atoms with Crippen molar-refractivity contribution in [2.75, 3.05) is 13.2 Å². The van der Waals surface area contributed by atoms with Crippen molar-refractivity contribution in [3.63, 3.8) is 0 Å². The van der Waals surface area contributed by atoms with E-state index in [9.17, 15) is 9.59 Å². The van der Waals surface area contributed by atoms with E-state index in [1.54, 1.807) is 25.1 Å². The SMILES string of the molecule is CCOC(=O)NC(=O)COc1ccc(Br)cc1Br. The van der Waals surface area contributed by atoms with Crippen LogP contribution in [-0.2, 0) is 9.53 Å². The molecule has 5 nitrogen and oxygen atoms in total. The summed E-state index contributed by atoms with van der Waals surface area (Å²) in [5, 5.41) is 2.03. The van der Waals surface area contributed by atoms with Crippen LogP contribution in [-0.4, -0.2) is 25.2 Å². The quantitative estimate of drug-likeness (QED) is 0.872. The molecular formula is C11H11Br2NO4. The van der Waals surface area contributed by atoms with Crippen molar-refractivity contribution in [2.24, 2.45) is 0 Å². The van der Waals surface area contributed by atoms with Crippen LogP contribution in [0.4, 0.5) is 4.79 Å². The van der Waals surface area contributed by atoms with Crippen molar-refractivity contribution in [2.45, 2.75) is 6.92 Å². The van der Waals surface area contributed by atoms with E-state index in [-0.39, 0.29) is 13.2 Å². The van der Waals surface area contributed by atoms with Crippen LogP contribution in [0.1, 0.15) is 6.92 Å². The molecule has 98 valence electrons. The van der Waals surface area contributed by atoms with Crippen molar-refractivity contribution in [1.29, 1.82) is 0 Å². The molecule has 0 unspecified atom stereocenters. The molecule has 0 aliphatic heterocycles. The van der Waals surface area contributed by atoms with Crippen molar-refractivity contribution < 1.29 is 19.1 Å². The predicted octanol–water partition coefficient (Wildman–Crippen LogP) is 2.86. The summed E-state index contributed by atoms with van der Waals surface area (Å²) < 4.78 is 11.4. The molecule has 0 fully saturated rings. The lowest BCUT2D eigenvalue weighted by Crippen LogP contribution is -2.34. The second-order valence-corrected chi connectivity index (χ2v) is 4.90. The minimum atomic E-state index is -0.777. The van der Waals surface area contributed by atoms with Gasteiger partial charge in [-0.05, 0) is 41.1 Å². The Kier molecular flexibility index (Phi) is 6.14. The number of rotatable bonds is 4. The van der Waals surface area contributed by atoms with Crippen LogP contribution in [0.5, 0.6) is 5.75 Å². The highest BCUT2D eigenvalue weighted by Crippen LogP contribution is 2.27. The molecule has 0 heterocycles. The molecule has 0 radical (unpaired) electrons. The number of alkyl carbamates (subject to hydrolysis) is 1. The molecule has 1 aromatic carbocycles. The lowest BCUT2D eigenvalue weighted by Gasteiger charge is -2.08. The monoisotopic (exact) mass is 379 g/mol. The topological polar surface area (TPSA) is 64.6 Å². The molecule has 0 atom stereocenters. The molecule has 0 aliphatic carbocycles. The number of imide groups is 1. The van der Waals surface area contributed by atoms with E-state index in [0.29, 0.717) is 10.2 Å². The Hall–Kier alpha value is -1.08. The summed E-state index contributed by atoms with van der Waals surface area (Å²) >= 11 is 6.59. The molecule has 2 amide bonds. The first kappa shape index (κ1) is 15.0. The number of carbonyl (C=O) groups is 2. The fourth-order valence-corrected chi connectivity index (χ4v) is 2.21. The van der Waals surface area contributed by atoms with Crippen LogP contribution in [0.15, 0.2) is 27.1 Å². The second kappa shape index (κ2) is 7.38. The van der Waals surface area contributed by atoms with E-state index in [0.717, 1.165) is 4.47 Å². The fourth-order valence-electron chi connectivity index (χ4n) is 1.05. The Balaban J connectivity index is 2.45. The minimum absolute atomic E-state index is 0.207. The van der Waals surface area contributed by atoms with Gasteiger partial charge in [-0.1, -0.05) is 15.9 Å². The van der Waals surface area contributed by atoms with Crippen molar-refractivity contribution in [1.82, 2.24) is 5.32 Å². The van der Waals surface area contributed by atoms with Crippen LogP contribution < -0.4 is 10.1 Å². The number of benzene rings is 1. The summed E-state index contributed by atoms with van der Waals surface area (Å²) in [5.74, 6) is -0.0551. The highest BCUT2D eigenvalue weighted by Gasteiger charge is 2.10. The first-order valence-electron chi connectivity index (χ1n) is 5.07. The van der Waals surface area contributed by atoms with E-state index in [2.05, 4.69) is 36.6 Å². The molecule has 0 saturated heterocycles. The number of ether oxygens (including phenoxy) is 2. The summed E-state index contributed by atoms with van der Waals surface area (Å²) in [6, 6.07) is 5.27. The van der Waals surface area contributed by atoms with E-state index >= 15 is 0 Å². The van der Waals surface area contributed by atoms with Crippen LogP contribution in [0.2, 0.25) is 0 Å². The summed E-state index contributed by atoms with van der Waals surface area (Å²) in [5.41, 5.74) is 0. The lowest BCUT2D eigenvalue weighted by atomic mass is 10.3. The summed E-state index contributed by atoms with van der Waals surface area (Å²) in [6.45, 7) is 1.59. The van der Waals surface area contributed by atoms with Gasteiger partial charge in [0.2, 0.25) is 0 Å². The molecule has 0 spiro atoms. The lowest BCUT2D eigenvalue weighted by molar-refractivity contribution is -0.122. The van der Waals surface area contributed by atoms with Crippen molar-refractivity contribution >= 4 is 43.9 Å². The van der Waals surface area contributed by atoms with Gasteiger partial charge in [0.25, 0.3) is 5.91 Å². The molecule has 0 aliphatic rings. The Morgan fingerprint density at radius 3 is 2.67 bits per heavy atom. The number of halogens is 2. The molecule has 1 rings (SSSR count). The molecule has 1 N–H and O–H groups in total. The van der Waals surface area contributed by atoms with Gasteiger partial charge >= 0.3 is 6.09 Å². The van der Waals surface area contributed by atoms with Gasteiger partial charge in [-0.15, -0.1) is 0 Å². The van der Waals surface area contributed by atoms with Crippen LogP contribution in [0.3, 0.4) is 0 Å². The summed E-state index contributed by atoms with van der Waals surface area (Å²) in [6.07, 6.45) is -0.777. The smallest absolute Gasteiger partial charge is 0.413 e. The maximum absolute atomic E-state index is 11.3. The molecule has 0 aromatic heterocycles. The number of hydrogen-bond donors (Lipinski definition) is 1.